The minimum atomic E-state index is -0.373. The van der Waals surface area contributed by atoms with E-state index in [2.05, 4.69) is 4.74 Å². The first-order valence-electron chi connectivity index (χ1n) is 4.47. The minimum absolute atomic E-state index is 0.0195. The van der Waals surface area contributed by atoms with Gasteiger partial charge in [0.2, 0.25) is 0 Å². The standard InChI is InChI=1S/C10H15NO3/c1-6(11)4-8-5-9(7(2)14-8)10(12)13-3/h5-6H,4,11H2,1-3H3/t6-/m1/s1. The number of furan rings is 1. The third-order valence-corrected chi connectivity index (χ3v) is 1.90. The van der Waals surface area contributed by atoms with Crippen LogP contribution in [0.5, 0.6) is 0 Å². The van der Waals surface area contributed by atoms with Gasteiger partial charge in [0.15, 0.2) is 0 Å². The van der Waals surface area contributed by atoms with Gasteiger partial charge in [0, 0.05) is 12.5 Å². The number of aryl methyl sites for hydroxylation is 1. The van der Waals surface area contributed by atoms with Gasteiger partial charge in [-0.25, -0.2) is 4.79 Å². The molecular weight excluding hydrogens is 182 g/mol. The van der Waals surface area contributed by atoms with Gasteiger partial charge < -0.3 is 14.9 Å². The molecule has 1 atom stereocenters. The summed E-state index contributed by atoms with van der Waals surface area (Å²) in [6.45, 7) is 3.62. The smallest absolute Gasteiger partial charge is 0.341 e. The number of methoxy groups -OCH3 is 1. The lowest BCUT2D eigenvalue weighted by atomic mass is 10.2. The van der Waals surface area contributed by atoms with Crippen molar-refractivity contribution in [3.8, 4) is 0 Å². The van der Waals surface area contributed by atoms with E-state index in [1.807, 2.05) is 6.92 Å². The molecule has 0 fully saturated rings. The van der Waals surface area contributed by atoms with E-state index in [0.717, 1.165) is 5.76 Å². The fourth-order valence-corrected chi connectivity index (χ4v) is 1.27. The lowest BCUT2D eigenvalue weighted by molar-refractivity contribution is 0.0599. The predicted octanol–water partition coefficient (Wildman–Crippen LogP) is 1.26. The Kier molecular flexibility index (Phi) is 3.30. The van der Waals surface area contributed by atoms with E-state index in [-0.39, 0.29) is 12.0 Å². The fraction of sp³-hybridized carbons (Fsp3) is 0.500. The summed E-state index contributed by atoms with van der Waals surface area (Å²) in [6, 6.07) is 1.70. The Labute approximate surface area is 83.0 Å². The summed E-state index contributed by atoms with van der Waals surface area (Å²) in [5.41, 5.74) is 6.09. The number of hydrogen-bond acceptors (Lipinski definition) is 4. The van der Waals surface area contributed by atoms with Crippen LogP contribution in [0.2, 0.25) is 0 Å². The van der Waals surface area contributed by atoms with E-state index in [1.165, 1.54) is 7.11 Å². The Morgan fingerprint density at radius 3 is 2.86 bits per heavy atom. The van der Waals surface area contributed by atoms with Gasteiger partial charge in [0.05, 0.1) is 7.11 Å². The highest BCUT2D eigenvalue weighted by Crippen LogP contribution is 2.16. The SMILES string of the molecule is COC(=O)c1cc(C[C@@H](C)N)oc1C. The average molecular weight is 197 g/mol. The zero-order valence-electron chi connectivity index (χ0n) is 8.66. The van der Waals surface area contributed by atoms with Crippen LogP contribution in [0.25, 0.3) is 0 Å². The summed E-state index contributed by atoms with van der Waals surface area (Å²) < 4.78 is 9.97. The first-order valence-corrected chi connectivity index (χ1v) is 4.47. The largest absolute Gasteiger partial charge is 0.465 e. The molecule has 0 spiro atoms. The molecule has 1 aromatic heterocycles. The Hall–Kier alpha value is -1.29. The van der Waals surface area contributed by atoms with Gasteiger partial charge in [-0.15, -0.1) is 0 Å². The summed E-state index contributed by atoms with van der Waals surface area (Å²) in [4.78, 5) is 11.2. The Balaban J connectivity index is 2.87. The van der Waals surface area contributed by atoms with Gasteiger partial charge in [-0.1, -0.05) is 0 Å². The second-order valence-corrected chi connectivity index (χ2v) is 3.36. The molecule has 0 aliphatic rings. The van der Waals surface area contributed by atoms with E-state index >= 15 is 0 Å². The van der Waals surface area contributed by atoms with Crippen molar-refractivity contribution in [1.82, 2.24) is 0 Å². The molecule has 0 aliphatic heterocycles. The molecule has 1 aromatic rings. The third kappa shape index (κ3) is 2.35. The van der Waals surface area contributed by atoms with Crippen molar-refractivity contribution < 1.29 is 13.9 Å². The molecule has 2 N–H and O–H groups in total. The summed E-state index contributed by atoms with van der Waals surface area (Å²) in [6.07, 6.45) is 0.623. The van der Waals surface area contributed by atoms with E-state index < -0.39 is 0 Å². The fourth-order valence-electron chi connectivity index (χ4n) is 1.27. The third-order valence-electron chi connectivity index (χ3n) is 1.90. The second-order valence-electron chi connectivity index (χ2n) is 3.36. The van der Waals surface area contributed by atoms with E-state index in [0.29, 0.717) is 17.7 Å². The van der Waals surface area contributed by atoms with Gasteiger partial charge in [0.1, 0.15) is 17.1 Å². The Morgan fingerprint density at radius 1 is 1.71 bits per heavy atom. The van der Waals surface area contributed by atoms with Crippen LogP contribution in [0, 0.1) is 6.92 Å². The molecule has 1 heterocycles. The van der Waals surface area contributed by atoms with Crippen LogP contribution in [0.1, 0.15) is 28.8 Å². The van der Waals surface area contributed by atoms with Gasteiger partial charge in [-0.05, 0) is 19.9 Å². The topological polar surface area (TPSA) is 65.5 Å². The minimum Gasteiger partial charge on any atom is -0.465 e. The Bertz CT molecular complexity index is 328. The summed E-state index contributed by atoms with van der Waals surface area (Å²) >= 11 is 0. The molecule has 14 heavy (non-hydrogen) atoms. The molecular formula is C10H15NO3. The summed E-state index contributed by atoms with van der Waals surface area (Å²) in [7, 11) is 1.35. The van der Waals surface area contributed by atoms with Crippen molar-refractivity contribution in [2.24, 2.45) is 5.73 Å². The molecule has 0 bridgehead atoms. The predicted molar refractivity (Wildman–Crippen MR) is 52.1 cm³/mol. The number of carbonyl (C=O) groups excluding carboxylic acids is 1. The number of rotatable bonds is 3. The van der Waals surface area contributed by atoms with Crippen LogP contribution in [0.15, 0.2) is 10.5 Å². The molecule has 4 heteroatoms. The molecule has 0 radical (unpaired) electrons. The number of ether oxygens (including phenoxy) is 1. The molecule has 78 valence electrons. The van der Waals surface area contributed by atoms with Crippen LogP contribution < -0.4 is 5.73 Å². The Morgan fingerprint density at radius 2 is 2.36 bits per heavy atom. The average Bonchev–Trinajstić information content (AvgIpc) is 2.44. The molecule has 0 aromatic carbocycles. The van der Waals surface area contributed by atoms with Crippen molar-refractivity contribution in [3.63, 3.8) is 0 Å². The van der Waals surface area contributed by atoms with E-state index in [4.69, 9.17) is 10.2 Å². The molecule has 0 saturated carbocycles. The van der Waals surface area contributed by atoms with Crippen molar-refractivity contribution in [1.29, 1.82) is 0 Å². The molecule has 4 nitrogen and oxygen atoms in total. The van der Waals surface area contributed by atoms with Crippen LogP contribution in [0.4, 0.5) is 0 Å². The zero-order valence-corrected chi connectivity index (χ0v) is 8.66. The van der Waals surface area contributed by atoms with Gasteiger partial charge in [-0.3, -0.25) is 0 Å². The molecule has 0 amide bonds. The quantitative estimate of drug-likeness (QED) is 0.741. The highest BCUT2D eigenvalue weighted by Gasteiger charge is 2.15. The van der Waals surface area contributed by atoms with Gasteiger partial charge >= 0.3 is 5.97 Å². The molecule has 0 unspecified atom stereocenters. The lowest BCUT2D eigenvalue weighted by Crippen LogP contribution is -2.17. The van der Waals surface area contributed by atoms with Crippen LogP contribution in [-0.2, 0) is 11.2 Å². The zero-order chi connectivity index (χ0) is 10.7. The maximum atomic E-state index is 11.2. The van der Waals surface area contributed by atoms with Crippen molar-refractivity contribution in [3.05, 3.63) is 23.2 Å². The lowest BCUT2D eigenvalue weighted by Gasteiger charge is -1.99. The molecule has 1 rings (SSSR count). The number of carbonyl (C=O) groups is 1. The first-order chi connectivity index (χ1) is 6.54. The summed E-state index contributed by atoms with van der Waals surface area (Å²) in [5.74, 6) is 0.924. The maximum Gasteiger partial charge on any atom is 0.341 e. The van der Waals surface area contributed by atoms with Crippen LogP contribution in [-0.4, -0.2) is 19.1 Å². The van der Waals surface area contributed by atoms with Crippen LogP contribution >= 0.6 is 0 Å². The number of nitrogens with two attached hydrogens (primary N) is 1. The van der Waals surface area contributed by atoms with Crippen LogP contribution in [0.3, 0.4) is 0 Å². The molecule has 0 aliphatic carbocycles. The number of hydrogen-bond donors (Lipinski definition) is 1. The van der Waals surface area contributed by atoms with Crippen molar-refractivity contribution >= 4 is 5.97 Å². The molecule has 0 saturated heterocycles. The second kappa shape index (κ2) is 4.28. The maximum absolute atomic E-state index is 11.2. The summed E-state index contributed by atoms with van der Waals surface area (Å²) in [5, 5.41) is 0. The normalized spacial score (nSPS) is 12.6. The van der Waals surface area contributed by atoms with Crippen molar-refractivity contribution in [2.45, 2.75) is 26.3 Å². The van der Waals surface area contributed by atoms with Gasteiger partial charge in [-0.2, -0.15) is 0 Å². The van der Waals surface area contributed by atoms with E-state index in [9.17, 15) is 4.79 Å². The number of esters is 1. The highest BCUT2D eigenvalue weighted by molar-refractivity contribution is 5.90. The highest BCUT2D eigenvalue weighted by atomic mass is 16.5. The van der Waals surface area contributed by atoms with E-state index in [1.54, 1.807) is 13.0 Å². The first kappa shape index (κ1) is 10.8. The van der Waals surface area contributed by atoms with Gasteiger partial charge in [0.25, 0.3) is 0 Å². The van der Waals surface area contributed by atoms with Crippen molar-refractivity contribution in [2.75, 3.05) is 7.11 Å². The monoisotopic (exact) mass is 197 g/mol.